The van der Waals surface area contributed by atoms with Crippen molar-refractivity contribution in [1.82, 2.24) is 0 Å². The van der Waals surface area contributed by atoms with Gasteiger partial charge in [0.2, 0.25) is 0 Å². The van der Waals surface area contributed by atoms with Gasteiger partial charge in [-0.2, -0.15) is 0 Å². The molecule has 0 aromatic heterocycles. The minimum atomic E-state index is -0.651. The van der Waals surface area contributed by atoms with Gasteiger partial charge >= 0.3 is 0 Å². The van der Waals surface area contributed by atoms with E-state index in [4.69, 9.17) is 18.9 Å². The lowest BCUT2D eigenvalue weighted by Crippen LogP contribution is -2.35. The Morgan fingerprint density at radius 1 is 1.35 bits per heavy atom. The molecule has 2 rings (SSSR count). The summed E-state index contributed by atoms with van der Waals surface area (Å²) < 4.78 is 22.4. The van der Waals surface area contributed by atoms with Crippen molar-refractivity contribution in [2.45, 2.75) is 51.2 Å². The van der Waals surface area contributed by atoms with Crippen molar-refractivity contribution >= 4 is 5.78 Å². The highest BCUT2D eigenvalue weighted by atomic mass is 16.8. The van der Waals surface area contributed by atoms with Crippen LogP contribution in [0.1, 0.15) is 20.8 Å². The van der Waals surface area contributed by atoms with Crippen molar-refractivity contribution in [2.24, 2.45) is 0 Å². The molecule has 0 aromatic rings. The van der Waals surface area contributed by atoms with Gasteiger partial charge in [0.1, 0.15) is 18.3 Å². The average Bonchev–Trinajstić information content (AvgIpc) is 2.65. The van der Waals surface area contributed by atoms with Crippen LogP contribution in [0.5, 0.6) is 0 Å². The monoisotopic (exact) mass is 242 g/mol. The molecule has 2 aliphatic rings. The Morgan fingerprint density at radius 2 is 2.06 bits per heavy atom. The van der Waals surface area contributed by atoms with Crippen LogP contribution in [-0.2, 0) is 23.7 Å². The molecule has 0 N–H and O–H groups in total. The maximum atomic E-state index is 10.9. The summed E-state index contributed by atoms with van der Waals surface area (Å²) in [6.07, 6.45) is 1.91. The maximum Gasteiger partial charge on any atom is 0.190 e. The third-order valence-corrected chi connectivity index (χ3v) is 2.82. The third kappa shape index (κ3) is 2.57. The van der Waals surface area contributed by atoms with Gasteiger partial charge in [-0.1, -0.05) is 0 Å². The molecule has 0 aliphatic carbocycles. The number of hydrogen-bond acceptors (Lipinski definition) is 5. The first-order valence-corrected chi connectivity index (χ1v) is 5.65. The summed E-state index contributed by atoms with van der Waals surface area (Å²) >= 11 is 0. The topological polar surface area (TPSA) is 54.0 Å². The van der Waals surface area contributed by atoms with E-state index in [9.17, 15) is 4.79 Å². The summed E-state index contributed by atoms with van der Waals surface area (Å²) in [5.41, 5.74) is 0. The van der Waals surface area contributed by atoms with E-state index in [1.54, 1.807) is 13.2 Å². The van der Waals surface area contributed by atoms with Crippen LogP contribution in [0, 0.1) is 0 Å². The van der Waals surface area contributed by atoms with Crippen molar-refractivity contribution in [2.75, 3.05) is 7.11 Å². The Labute approximate surface area is 101 Å². The fraction of sp³-hybridized carbons (Fsp3) is 0.750. The number of rotatable bonds is 3. The number of ketones is 1. The molecule has 17 heavy (non-hydrogen) atoms. The van der Waals surface area contributed by atoms with Gasteiger partial charge in [-0.15, -0.1) is 0 Å². The van der Waals surface area contributed by atoms with E-state index in [-0.39, 0.29) is 24.1 Å². The highest BCUT2D eigenvalue weighted by Gasteiger charge is 2.54. The molecule has 0 bridgehead atoms. The zero-order chi connectivity index (χ0) is 12.6. The Hall–Kier alpha value is -0.750. The van der Waals surface area contributed by atoms with Gasteiger partial charge in [0.15, 0.2) is 17.9 Å². The minimum Gasteiger partial charge on any atom is -0.375 e. The van der Waals surface area contributed by atoms with E-state index in [0.29, 0.717) is 0 Å². The van der Waals surface area contributed by atoms with Gasteiger partial charge < -0.3 is 18.9 Å². The van der Waals surface area contributed by atoms with Crippen LogP contribution in [0.4, 0.5) is 0 Å². The number of allylic oxidation sites excluding steroid dienone is 1. The molecule has 2 aliphatic heterocycles. The first-order valence-electron chi connectivity index (χ1n) is 5.65. The second-order valence-corrected chi connectivity index (χ2v) is 4.74. The zero-order valence-corrected chi connectivity index (χ0v) is 10.5. The summed E-state index contributed by atoms with van der Waals surface area (Å²) in [4.78, 5) is 10.9. The summed E-state index contributed by atoms with van der Waals surface area (Å²) in [6, 6.07) is 0. The molecule has 5 heteroatoms. The standard InChI is InChI=1S/C12H18O5/c1-7(13)5-6-8-9(14-4)10-11(15-8)17-12(2,3)16-10/h5-6,8-11H,1-4H3/b6-5-/t8-,9+,10-,11+/m1/s1. The van der Waals surface area contributed by atoms with Gasteiger partial charge in [0.25, 0.3) is 0 Å². The van der Waals surface area contributed by atoms with Crippen LogP contribution in [0.15, 0.2) is 12.2 Å². The van der Waals surface area contributed by atoms with Crippen LogP contribution in [0.2, 0.25) is 0 Å². The van der Waals surface area contributed by atoms with E-state index >= 15 is 0 Å². The molecule has 5 nitrogen and oxygen atoms in total. The first kappa shape index (κ1) is 12.7. The van der Waals surface area contributed by atoms with Crippen molar-refractivity contribution in [3.63, 3.8) is 0 Å². The van der Waals surface area contributed by atoms with Crippen LogP contribution in [0.3, 0.4) is 0 Å². The van der Waals surface area contributed by atoms with Crippen molar-refractivity contribution < 1.29 is 23.7 Å². The number of hydrogen-bond donors (Lipinski definition) is 0. The zero-order valence-electron chi connectivity index (χ0n) is 10.5. The molecular weight excluding hydrogens is 224 g/mol. The number of ether oxygens (including phenoxy) is 4. The summed E-state index contributed by atoms with van der Waals surface area (Å²) in [6.45, 7) is 5.16. The Morgan fingerprint density at radius 3 is 2.65 bits per heavy atom. The lowest BCUT2D eigenvalue weighted by molar-refractivity contribution is -0.210. The molecule has 4 atom stereocenters. The van der Waals surface area contributed by atoms with Gasteiger partial charge in [0.05, 0.1) is 0 Å². The largest absolute Gasteiger partial charge is 0.375 e. The Bertz CT molecular complexity index is 336. The van der Waals surface area contributed by atoms with E-state index in [0.717, 1.165) is 0 Å². The molecule has 0 amide bonds. The van der Waals surface area contributed by atoms with Crippen molar-refractivity contribution in [1.29, 1.82) is 0 Å². The molecule has 2 saturated heterocycles. The highest BCUT2D eigenvalue weighted by molar-refractivity contribution is 5.87. The third-order valence-electron chi connectivity index (χ3n) is 2.82. The molecule has 2 heterocycles. The average molecular weight is 242 g/mol. The van der Waals surface area contributed by atoms with Gasteiger partial charge in [0, 0.05) is 7.11 Å². The van der Waals surface area contributed by atoms with E-state index in [1.165, 1.54) is 13.0 Å². The molecule has 0 spiro atoms. The quantitative estimate of drug-likeness (QED) is 0.692. The maximum absolute atomic E-state index is 10.9. The lowest BCUT2D eigenvalue weighted by atomic mass is 10.1. The number of carbonyl (C=O) groups excluding carboxylic acids is 1. The summed E-state index contributed by atoms with van der Waals surface area (Å²) in [7, 11) is 1.60. The highest BCUT2D eigenvalue weighted by Crippen LogP contribution is 2.38. The SMILES string of the molecule is CO[C@@H]1[C@H]2OC(C)(C)O[C@@H]2O[C@@H]1/C=C\C(C)=O. The van der Waals surface area contributed by atoms with Gasteiger partial charge in [-0.05, 0) is 32.9 Å². The predicted octanol–water partition coefficient (Wildman–Crippen LogP) is 1.02. The van der Waals surface area contributed by atoms with E-state index in [1.807, 2.05) is 13.8 Å². The summed E-state index contributed by atoms with van der Waals surface area (Å²) in [5, 5.41) is 0. The molecule has 96 valence electrons. The Kier molecular flexibility index (Phi) is 3.36. The second-order valence-electron chi connectivity index (χ2n) is 4.74. The van der Waals surface area contributed by atoms with Crippen LogP contribution >= 0.6 is 0 Å². The molecule has 0 saturated carbocycles. The summed E-state index contributed by atoms with van der Waals surface area (Å²) in [5.74, 6) is -0.677. The molecule has 0 aromatic carbocycles. The van der Waals surface area contributed by atoms with Gasteiger partial charge in [-0.25, -0.2) is 0 Å². The van der Waals surface area contributed by atoms with Crippen molar-refractivity contribution in [3.05, 3.63) is 12.2 Å². The minimum absolute atomic E-state index is 0.0253. The van der Waals surface area contributed by atoms with Crippen LogP contribution < -0.4 is 0 Å². The van der Waals surface area contributed by atoms with Crippen LogP contribution in [-0.4, -0.2) is 43.3 Å². The molecular formula is C12H18O5. The lowest BCUT2D eigenvalue weighted by Gasteiger charge is -2.23. The van der Waals surface area contributed by atoms with E-state index < -0.39 is 12.1 Å². The van der Waals surface area contributed by atoms with Crippen molar-refractivity contribution in [3.8, 4) is 0 Å². The number of fused-ring (bicyclic) bond motifs is 1. The molecule has 2 fully saturated rings. The normalized spacial score (nSPS) is 39.8. The second kappa shape index (κ2) is 4.49. The predicted molar refractivity (Wildman–Crippen MR) is 59.3 cm³/mol. The number of carbonyl (C=O) groups is 1. The van der Waals surface area contributed by atoms with Gasteiger partial charge in [-0.3, -0.25) is 4.79 Å². The molecule has 0 unspecified atom stereocenters. The van der Waals surface area contributed by atoms with Crippen LogP contribution in [0.25, 0.3) is 0 Å². The number of methoxy groups -OCH3 is 1. The fourth-order valence-electron chi connectivity index (χ4n) is 2.16. The van der Waals surface area contributed by atoms with E-state index in [2.05, 4.69) is 0 Å². The Balaban J connectivity index is 2.08. The smallest absolute Gasteiger partial charge is 0.190 e. The molecule has 0 radical (unpaired) electrons. The first-order chi connectivity index (χ1) is 7.93. The fourth-order valence-corrected chi connectivity index (χ4v) is 2.16.